The molecule has 1 aliphatic rings. The van der Waals surface area contributed by atoms with Gasteiger partial charge in [0.15, 0.2) is 5.82 Å². The summed E-state index contributed by atoms with van der Waals surface area (Å²) in [7, 11) is 0. The summed E-state index contributed by atoms with van der Waals surface area (Å²) in [6.45, 7) is 3.10. The maximum absolute atomic E-state index is 13.2. The molecule has 1 aromatic carbocycles. The summed E-state index contributed by atoms with van der Waals surface area (Å²) >= 11 is 3.54. The van der Waals surface area contributed by atoms with Gasteiger partial charge in [-0.15, -0.1) is 0 Å². The number of carbonyl (C=O) groups is 1. The Labute approximate surface area is 172 Å². The van der Waals surface area contributed by atoms with E-state index < -0.39 is 5.54 Å². The van der Waals surface area contributed by atoms with Crippen molar-refractivity contribution in [3.8, 4) is 5.82 Å². The Balaban J connectivity index is 1.65. The molecule has 0 bridgehead atoms. The molecule has 3 aromatic rings. The third-order valence-corrected chi connectivity index (χ3v) is 5.69. The standard InChI is InChI=1S/C21H21BrN4O2/c1-15-18(14-24-26(15)19-7-2-3-10-23-19)20(27)25-21(8-11-28-12-9-21)16-5-4-6-17(22)13-16/h2-7,10,13-14H,8-9,11-12H2,1H3,(H,25,27). The number of hydrogen-bond acceptors (Lipinski definition) is 4. The smallest absolute Gasteiger partial charge is 0.255 e. The minimum atomic E-state index is -0.460. The molecule has 1 aliphatic heterocycles. The highest BCUT2D eigenvalue weighted by atomic mass is 79.9. The number of carbonyl (C=O) groups excluding carboxylic acids is 1. The number of benzene rings is 1. The van der Waals surface area contributed by atoms with Gasteiger partial charge in [-0.05, 0) is 49.6 Å². The monoisotopic (exact) mass is 440 g/mol. The molecule has 1 amide bonds. The number of rotatable bonds is 4. The lowest BCUT2D eigenvalue weighted by molar-refractivity contribution is 0.0345. The van der Waals surface area contributed by atoms with Crippen LogP contribution >= 0.6 is 15.9 Å². The van der Waals surface area contributed by atoms with Crippen molar-refractivity contribution in [3.63, 3.8) is 0 Å². The molecule has 0 radical (unpaired) electrons. The predicted molar refractivity (Wildman–Crippen MR) is 109 cm³/mol. The minimum absolute atomic E-state index is 0.137. The quantitative estimate of drug-likeness (QED) is 0.670. The Bertz CT molecular complexity index is 981. The largest absolute Gasteiger partial charge is 0.381 e. The number of nitrogens with one attached hydrogen (secondary N) is 1. The molecule has 0 unspecified atom stereocenters. The van der Waals surface area contributed by atoms with E-state index >= 15 is 0 Å². The highest BCUT2D eigenvalue weighted by Crippen LogP contribution is 2.34. The van der Waals surface area contributed by atoms with E-state index in [9.17, 15) is 4.79 Å². The average molecular weight is 441 g/mol. The zero-order valence-corrected chi connectivity index (χ0v) is 17.1. The van der Waals surface area contributed by atoms with Crippen LogP contribution in [0.1, 0.15) is 34.5 Å². The van der Waals surface area contributed by atoms with Gasteiger partial charge < -0.3 is 10.1 Å². The Kier molecular flexibility index (Phi) is 5.28. The van der Waals surface area contributed by atoms with Crippen LogP contribution < -0.4 is 5.32 Å². The number of pyridine rings is 1. The Morgan fingerprint density at radius 1 is 1.21 bits per heavy atom. The molecular formula is C21H21BrN4O2. The molecule has 6 nitrogen and oxygen atoms in total. The van der Waals surface area contributed by atoms with Gasteiger partial charge in [0.05, 0.1) is 23.0 Å². The van der Waals surface area contributed by atoms with Gasteiger partial charge in [-0.2, -0.15) is 5.10 Å². The first-order chi connectivity index (χ1) is 13.6. The average Bonchev–Trinajstić information content (AvgIpc) is 3.11. The van der Waals surface area contributed by atoms with Crippen molar-refractivity contribution in [2.45, 2.75) is 25.3 Å². The second-order valence-corrected chi connectivity index (χ2v) is 7.82. The van der Waals surface area contributed by atoms with Gasteiger partial charge in [0.25, 0.3) is 5.91 Å². The molecule has 144 valence electrons. The van der Waals surface area contributed by atoms with Crippen LogP contribution in [0.3, 0.4) is 0 Å². The number of hydrogen-bond donors (Lipinski definition) is 1. The maximum Gasteiger partial charge on any atom is 0.255 e. The van der Waals surface area contributed by atoms with Gasteiger partial charge in [-0.1, -0.05) is 34.1 Å². The zero-order valence-electron chi connectivity index (χ0n) is 15.6. The predicted octanol–water partition coefficient (Wildman–Crippen LogP) is 3.77. The maximum atomic E-state index is 13.2. The van der Waals surface area contributed by atoms with Crippen molar-refractivity contribution in [2.75, 3.05) is 13.2 Å². The Morgan fingerprint density at radius 3 is 2.75 bits per heavy atom. The van der Waals surface area contributed by atoms with Crippen LogP contribution in [-0.4, -0.2) is 33.9 Å². The summed E-state index contributed by atoms with van der Waals surface area (Å²) in [4.78, 5) is 17.5. The van der Waals surface area contributed by atoms with Crippen LogP contribution in [0.15, 0.2) is 59.3 Å². The van der Waals surface area contributed by atoms with Crippen LogP contribution in [0.25, 0.3) is 5.82 Å². The highest BCUT2D eigenvalue weighted by molar-refractivity contribution is 9.10. The molecule has 1 saturated heterocycles. The fraction of sp³-hybridized carbons (Fsp3) is 0.286. The van der Waals surface area contributed by atoms with Crippen LogP contribution in [0, 0.1) is 6.92 Å². The van der Waals surface area contributed by atoms with Crippen LogP contribution in [-0.2, 0) is 10.3 Å². The SMILES string of the molecule is Cc1c(C(=O)NC2(c3cccc(Br)c3)CCOCC2)cnn1-c1ccccn1. The first-order valence-electron chi connectivity index (χ1n) is 9.21. The molecule has 1 fully saturated rings. The van der Waals surface area contributed by atoms with Crippen LogP contribution in [0.2, 0.25) is 0 Å². The summed E-state index contributed by atoms with van der Waals surface area (Å²) in [6, 6.07) is 13.7. The molecule has 3 heterocycles. The van der Waals surface area contributed by atoms with Gasteiger partial charge in [0.2, 0.25) is 0 Å². The lowest BCUT2D eigenvalue weighted by atomic mass is 9.82. The summed E-state index contributed by atoms with van der Waals surface area (Å²) < 4.78 is 8.24. The summed E-state index contributed by atoms with van der Waals surface area (Å²) in [5, 5.41) is 7.66. The number of nitrogens with zero attached hydrogens (tertiary/aromatic N) is 3. The summed E-state index contributed by atoms with van der Waals surface area (Å²) in [6.07, 6.45) is 4.76. The van der Waals surface area contributed by atoms with E-state index in [0.717, 1.165) is 28.6 Å². The topological polar surface area (TPSA) is 69.0 Å². The number of halogens is 1. The lowest BCUT2D eigenvalue weighted by Crippen LogP contribution is -2.49. The van der Waals surface area contributed by atoms with E-state index in [1.54, 1.807) is 17.1 Å². The molecule has 0 aliphatic carbocycles. The molecule has 7 heteroatoms. The molecule has 28 heavy (non-hydrogen) atoms. The van der Waals surface area contributed by atoms with E-state index in [2.05, 4.69) is 43.5 Å². The van der Waals surface area contributed by atoms with E-state index in [1.807, 2.05) is 37.3 Å². The second kappa shape index (κ2) is 7.85. The number of aromatic nitrogens is 3. The van der Waals surface area contributed by atoms with Crippen LogP contribution in [0.4, 0.5) is 0 Å². The fourth-order valence-electron chi connectivity index (χ4n) is 3.62. The normalized spacial score (nSPS) is 15.9. The van der Waals surface area contributed by atoms with Crippen LogP contribution in [0.5, 0.6) is 0 Å². The Hall–Kier alpha value is -2.51. The number of ether oxygens (including phenoxy) is 1. The lowest BCUT2D eigenvalue weighted by Gasteiger charge is -2.38. The number of amides is 1. The summed E-state index contributed by atoms with van der Waals surface area (Å²) in [5.74, 6) is 0.549. The molecule has 1 N–H and O–H groups in total. The van der Waals surface area contributed by atoms with Gasteiger partial charge in [-0.25, -0.2) is 9.67 Å². The van der Waals surface area contributed by atoms with Gasteiger partial charge in [0, 0.05) is 23.9 Å². The second-order valence-electron chi connectivity index (χ2n) is 6.90. The first kappa shape index (κ1) is 18.8. The van der Waals surface area contributed by atoms with Crippen molar-refractivity contribution in [1.82, 2.24) is 20.1 Å². The van der Waals surface area contributed by atoms with Crippen molar-refractivity contribution in [3.05, 3.63) is 76.2 Å². The van der Waals surface area contributed by atoms with E-state index in [1.165, 1.54) is 0 Å². The third kappa shape index (κ3) is 3.59. The first-order valence-corrected chi connectivity index (χ1v) is 10.0. The molecule has 0 atom stereocenters. The van der Waals surface area contributed by atoms with Crippen molar-refractivity contribution >= 4 is 21.8 Å². The molecule has 0 spiro atoms. The third-order valence-electron chi connectivity index (χ3n) is 5.20. The minimum Gasteiger partial charge on any atom is -0.381 e. The van der Waals surface area contributed by atoms with E-state index in [-0.39, 0.29) is 5.91 Å². The molecular weight excluding hydrogens is 420 g/mol. The molecule has 2 aromatic heterocycles. The van der Waals surface area contributed by atoms with E-state index in [0.29, 0.717) is 24.6 Å². The van der Waals surface area contributed by atoms with Gasteiger partial charge in [0.1, 0.15) is 0 Å². The highest BCUT2D eigenvalue weighted by Gasteiger charge is 2.37. The van der Waals surface area contributed by atoms with Gasteiger partial charge in [-0.3, -0.25) is 4.79 Å². The Morgan fingerprint density at radius 2 is 2.04 bits per heavy atom. The van der Waals surface area contributed by atoms with E-state index in [4.69, 9.17) is 4.74 Å². The van der Waals surface area contributed by atoms with Crippen molar-refractivity contribution < 1.29 is 9.53 Å². The molecule has 4 rings (SSSR count). The molecule has 0 saturated carbocycles. The summed E-state index contributed by atoms with van der Waals surface area (Å²) in [5.41, 5.74) is 1.92. The van der Waals surface area contributed by atoms with Crippen molar-refractivity contribution in [1.29, 1.82) is 0 Å². The zero-order chi connectivity index (χ0) is 19.6. The fourth-order valence-corrected chi connectivity index (χ4v) is 4.02. The van der Waals surface area contributed by atoms with Crippen molar-refractivity contribution in [2.24, 2.45) is 0 Å². The van der Waals surface area contributed by atoms with Gasteiger partial charge >= 0.3 is 0 Å².